The standard InChI is InChI=1S/C22H24N4O2S/c1-28-19-11-6-5-10-18(19)21(27)25-12-7-13-26(15-14-25)22-23-20(24-29-22)16-17-8-3-2-4-9-17/h2-6,8-11H,7,12-16H2,1H3. The first kappa shape index (κ1) is 19.4. The summed E-state index contributed by atoms with van der Waals surface area (Å²) in [6.45, 7) is 3.00. The summed E-state index contributed by atoms with van der Waals surface area (Å²) < 4.78 is 9.89. The average molecular weight is 409 g/mol. The molecule has 1 aliphatic heterocycles. The van der Waals surface area contributed by atoms with E-state index in [4.69, 9.17) is 9.72 Å². The normalized spacial score (nSPS) is 14.5. The maximum atomic E-state index is 13.0. The van der Waals surface area contributed by atoms with Crippen molar-refractivity contribution in [2.75, 3.05) is 38.2 Å². The first-order valence-electron chi connectivity index (χ1n) is 9.78. The Kier molecular flexibility index (Phi) is 6.05. The SMILES string of the molecule is COc1ccccc1C(=O)N1CCCN(c2nc(Cc3ccccc3)ns2)CC1. The fourth-order valence-corrected chi connectivity index (χ4v) is 4.26. The Balaban J connectivity index is 1.41. The van der Waals surface area contributed by atoms with Gasteiger partial charge >= 0.3 is 0 Å². The monoisotopic (exact) mass is 408 g/mol. The van der Waals surface area contributed by atoms with Crippen molar-refractivity contribution in [2.24, 2.45) is 0 Å². The van der Waals surface area contributed by atoms with Crippen molar-refractivity contribution in [3.05, 3.63) is 71.5 Å². The molecule has 6 nitrogen and oxygen atoms in total. The van der Waals surface area contributed by atoms with Gasteiger partial charge in [0.1, 0.15) is 11.6 Å². The Bertz CT molecular complexity index is 960. The van der Waals surface area contributed by atoms with Crippen LogP contribution in [0.3, 0.4) is 0 Å². The molecule has 0 saturated carbocycles. The van der Waals surface area contributed by atoms with E-state index in [0.29, 0.717) is 17.9 Å². The van der Waals surface area contributed by atoms with E-state index in [-0.39, 0.29) is 5.91 Å². The Hall–Kier alpha value is -2.93. The highest BCUT2D eigenvalue weighted by atomic mass is 32.1. The van der Waals surface area contributed by atoms with Crippen LogP contribution < -0.4 is 9.64 Å². The zero-order valence-electron chi connectivity index (χ0n) is 16.5. The van der Waals surface area contributed by atoms with E-state index in [1.54, 1.807) is 7.11 Å². The zero-order chi connectivity index (χ0) is 20.1. The zero-order valence-corrected chi connectivity index (χ0v) is 17.3. The third-order valence-electron chi connectivity index (χ3n) is 5.05. The summed E-state index contributed by atoms with van der Waals surface area (Å²) in [6, 6.07) is 17.7. The number of aromatic nitrogens is 2. The summed E-state index contributed by atoms with van der Waals surface area (Å²) in [5, 5.41) is 0.933. The predicted octanol–water partition coefficient (Wildman–Crippen LogP) is 3.49. The quantitative estimate of drug-likeness (QED) is 0.647. The first-order valence-corrected chi connectivity index (χ1v) is 10.6. The molecule has 0 unspecified atom stereocenters. The van der Waals surface area contributed by atoms with Gasteiger partial charge in [0.2, 0.25) is 5.13 Å². The third kappa shape index (κ3) is 4.56. The summed E-state index contributed by atoms with van der Waals surface area (Å²) >= 11 is 1.44. The topological polar surface area (TPSA) is 58.6 Å². The Morgan fingerprint density at radius 2 is 1.83 bits per heavy atom. The summed E-state index contributed by atoms with van der Waals surface area (Å²) in [6.07, 6.45) is 1.64. The van der Waals surface area contributed by atoms with Crippen molar-refractivity contribution in [3.63, 3.8) is 0 Å². The van der Waals surface area contributed by atoms with E-state index in [9.17, 15) is 4.79 Å². The van der Waals surface area contributed by atoms with Crippen molar-refractivity contribution < 1.29 is 9.53 Å². The number of benzene rings is 2. The predicted molar refractivity (Wildman–Crippen MR) is 115 cm³/mol. The van der Waals surface area contributed by atoms with Gasteiger partial charge in [-0.1, -0.05) is 42.5 Å². The third-order valence-corrected chi connectivity index (χ3v) is 5.87. The minimum atomic E-state index is 0.0198. The number of nitrogens with zero attached hydrogens (tertiary/aromatic N) is 4. The van der Waals surface area contributed by atoms with Gasteiger partial charge in [0.25, 0.3) is 5.91 Å². The van der Waals surface area contributed by atoms with Gasteiger partial charge in [-0.15, -0.1) is 0 Å². The molecule has 1 aliphatic rings. The molecular formula is C22H24N4O2S. The molecule has 0 aliphatic carbocycles. The molecule has 1 fully saturated rings. The molecule has 2 aromatic carbocycles. The second kappa shape index (κ2) is 9.05. The highest BCUT2D eigenvalue weighted by Crippen LogP contribution is 2.23. The molecule has 3 aromatic rings. The average Bonchev–Trinajstić information content (AvgIpc) is 3.08. The lowest BCUT2D eigenvalue weighted by molar-refractivity contribution is 0.0763. The minimum Gasteiger partial charge on any atom is -0.496 e. The molecule has 1 aromatic heterocycles. The molecule has 0 N–H and O–H groups in total. The smallest absolute Gasteiger partial charge is 0.257 e. The lowest BCUT2D eigenvalue weighted by atomic mass is 10.1. The van der Waals surface area contributed by atoms with E-state index in [0.717, 1.165) is 43.4 Å². The molecule has 0 spiro atoms. The van der Waals surface area contributed by atoms with E-state index in [1.807, 2.05) is 47.4 Å². The molecule has 29 heavy (non-hydrogen) atoms. The van der Waals surface area contributed by atoms with Crippen LogP contribution in [-0.2, 0) is 6.42 Å². The van der Waals surface area contributed by atoms with Crippen LogP contribution in [0.1, 0.15) is 28.2 Å². The maximum absolute atomic E-state index is 13.0. The number of hydrogen-bond donors (Lipinski definition) is 0. The first-order chi connectivity index (χ1) is 14.2. The number of para-hydroxylation sites is 1. The summed E-state index contributed by atoms with van der Waals surface area (Å²) in [4.78, 5) is 21.9. The molecule has 4 rings (SSSR count). The van der Waals surface area contributed by atoms with Gasteiger partial charge in [0.15, 0.2) is 0 Å². The number of carbonyl (C=O) groups excluding carboxylic acids is 1. The molecule has 0 bridgehead atoms. The van der Waals surface area contributed by atoms with Crippen LogP contribution in [-0.4, -0.2) is 53.5 Å². The van der Waals surface area contributed by atoms with E-state index in [2.05, 4.69) is 21.4 Å². The van der Waals surface area contributed by atoms with Crippen LogP contribution in [0.15, 0.2) is 54.6 Å². The van der Waals surface area contributed by atoms with Gasteiger partial charge in [-0.2, -0.15) is 4.37 Å². The van der Waals surface area contributed by atoms with Crippen molar-refractivity contribution in [1.29, 1.82) is 0 Å². The summed E-state index contributed by atoms with van der Waals surface area (Å²) in [5.74, 6) is 1.49. The van der Waals surface area contributed by atoms with Gasteiger partial charge in [-0.3, -0.25) is 4.79 Å². The van der Waals surface area contributed by atoms with Crippen LogP contribution in [0.4, 0.5) is 5.13 Å². The number of ether oxygens (including phenoxy) is 1. The lowest BCUT2D eigenvalue weighted by Crippen LogP contribution is -2.35. The largest absolute Gasteiger partial charge is 0.496 e. The Morgan fingerprint density at radius 1 is 1.03 bits per heavy atom. The fourth-order valence-electron chi connectivity index (χ4n) is 3.53. The number of anilines is 1. The van der Waals surface area contributed by atoms with Crippen molar-refractivity contribution in [1.82, 2.24) is 14.3 Å². The molecule has 150 valence electrons. The van der Waals surface area contributed by atoms with Gasteiger partial charge in [0, 0.05) is 44.1 Å². The van der Waals surface area contributed by atoms with Crippen molar-refractivity contribution >= 4 is 22.6 Å². The number of hydrogen-bond acceptors (Lipinski definition) is 6. The summed E-state index contributed by atoms with van der Waals surface area (Å²) in [5.41, 5.74) is 1.82. The van der Waals surface area contributed by atoms with E-state index in [1.165, 1.54) is 17.1 Å². The fraction of sp³-hybridized carbons (Fsp3) is 0.318. The molecular weight excluding hydrogens is 384 g/mol. The number of methoxy groups -OCH3 is 1. The molecule has 0 radical (unpaired) electrons. The van der Waals surface area contributed by atoms with E-state index < -0.39 is 0 Å². The van der Waals surface area contributed by atoms with Gasteiger partial charge in [-0.25, -0.2) is 4.98 Å². The Morgan fingerprint density at radius 3 is 2.66 bits per heavy atom. The van der Waals surface area contributed by atoms with Crippen LogP contribution in [0.25, 0.3) is 0 Å². The molecule has 2 heterocycles. The highest BCUT2D eigenvalue weighted by molar-refractivity contribution is 7.09. The number of rotatable bonds is 5. The van der Waals surface area contributed by atoms with Gasteiger partial charge in [0.05, 0.1) is 12.7 Å². The second-order valence-electron chi connectivity index (χ2n) is 6.99. The van der Waals surface area contributed by atoms with Gasteiger partial charge < -0.3 is 14.5 Å². The highest BCUT2D eigenvalue weighted by Gasteiger charge is 2.24. The van der Waals surface area contributed by atoms with Crippen molar-refractivity contribution in [2.45, 2.75) is 12.8 Å². The summed E-state index contributed by atoms with van der Waals surface area (Å²) in [7, 11) is 1.60. The Labute approximate surface area is 174 Å². The van der Waals surface area contributed by atoms with Crippen LogP contribution in [0.5, 0.6) is 5.75 Å². The van der Waals surface area contributed by atoms with Crippen LogP contribution in [0.2, 0.25) is 0 Å². The molecule has 1 saturated heterocycles. The van der Waals surface area contributed by atoms with Crippen LogP contribution >= 0.6 is 11.5 Å². The molecule has 7 heteroatoms. The van der Waals surface area contributed by atoms with Crippen LogP contribution in [0, 0.1) is 0 Å². The number of carbonyl (C=O) groups is 1. The molecule has 1 amide bonds. The second-order valence-corrected chi connectivity index (χ2v) is 7.72. The minimum absolute atomic E-state index is 0.0198. The lowest BCUT2D eigenvalue weighted by Gasteiger charge is -2.22. The van der Waals surface area contributed by atoms with Crippen molar-refractivity contribution in [3.8, 4) is 5.75 Å². The molecule has 0 atom stereocenters. The number of amides is 1. The van der Waals surface area contributed by atoms with E-state index >= 15 is 0 Å². The van der Waals surface area contributed by atoms with Gasteiger partial charge in [-0.05, 0) is 24.1 Å². The maximum Gasteiger partial charge on any atom is 0.257 e.